The number of alkyl halides is 6. The maximum absolute atomic E-state index is 13.8. The van der Waals surface area contributed by atoms with Gasteiger partial charge in [0.25, 0.3) is 0 Å². The second-order valence-corrected chi connectivity index (χ2v) is 5.98. The van der Waals surface area contributed by atoms with Gasteiger partial charge in [-0.3, -0.25) is 0 Å². The van der Waals surface area contributed by atoms with Crippen molar-refractivity contribution in [1.82, 2.24) is 0 Å². The smallest absolute Gasteiger partial charge is 0.377 e. The van der Waals surface area contributed by atoms with Crippen LogP contribution in [0.5, 0.6) is 11.5 Å². The van der Waals surface area contributed by atoms with Crippen molar-refractivity contribution in [3.05, 3.63) is 48.5 Å². The van der Waals surface area contributed by atoms with Gasteiger partial charge in [-0.05, 0) is 42.3 Å². The molecule has 0 fully saturated rings. The zero-order valence-corrected chi connectivity index (χ0v) is 14.8. The van der Waals surface area contributed by atoms with Crippen LogP contribution in [0.15, 0.2) is 48.5 Å². The molecule has 0 aliphatic carbocycles. The van der Waals surface area contributed by atoms with E-state index in [1.807, 2.05) is 0 Å². The molecular formula is C19H18F6O3. The normalized spacial score (nSPS) is 12.8. The van der Waals surface area contributed by atoms with Crippen LogP contribution in [0.3, 0.4) is 0 Å². The van der Waals surface area contributed by atoms with Gasteiger partial charge < -0.3 is 14.6 Å². The second kappa shape index (κ2) is 8.30. The second-order valence-electron chi connectivity index (χ2n) is 5.98. The van der Waals surface area contributed by atoms with Crippen LogP contribution in [0.25, 0.3) is 11.1 Å². The minimum Gasteiger partial charge on any atom is -0.508 e. The summed E-state index contributed by atoms with van der Waals surface area (Å²) in [4.78, 5) is 0. The SMILES string of the molecule is CCOCC(F)(F)C(F)(F)C(F)(F)COc1ccc(-c2ccc(O)cc2)cc1. The molecule has 0 bridgehead atoms. The monoisotopic (exact) mass is 408 g/mol. The van der Waals surface area contributed by atoms with Gasteiger partial charge in [0.1, 0.15) is 18.1 Å². The maximum Gasteiger partial charge on any atom is 0.377 e. The average molecular weight is 408 g/mol. The third-order valence-corrected chi connectivity index (χ3v) is 3.88. The number of hydrogen-bond acceptors (Lipinski definition) is 3. The summed E-state index contributed by atoms with van der Waals surface area (Å²) < 4.78 is 90.5. The Hall–Kier alpha value is -2.42. The van der Waals surface area contributed by atoms with Gasteiger partial charge in [-0.1, -0.05) is 24.3 Å². The van der Waals surface area contributed by atoms with Crippen LogP contribution in [0.2, 0.25) is 0 Å². The number of ether oxygens (including phenoxy) is 2. The molecule has 0 heterocycles. The summed E-state index contributed by atoms with van der Waals surface area (Å²) in [6, 6.07) is 11.6. The number of phenolic OH excluding ortho intramolecular Hbond substituents is 1. The highest BCUT2D eigenvalue weighted by molar-refractivity contribution is 5.64. The van der Waals surface area contributed by atoms with Crippen molar-refractivity contribution in [2.45, 2.75) is 24.7 Å². The summed E-state index contributed by atoms with van der Waals surface area (Å²) in [6.07, 6.45) is 0. The molecule has 2 aromatic rings. The standard InChI is InChI=1S/C19H18F6O3/c1-2-27-11-17(20,21)19(24,25)18(22,23)12-28-16-9-5-14(6-10-16)13-3-7-15(26)8-4-13/h3-10,26H,2,11-12H2,1H3. The predicted molar refractivity (Wildman–Crippen MR) is 90.4 cm³/mol. The summed E-state index contributed by atoms with van der Waals surface area (Å²) in [6.45, 7) is -2.80. The molecule has 154 valence electrons. The molecule has 0 saturated heterocycles. The Labute approximate surface area is 157 Å². The number of rotatable bonds is 9. The predicted octanol–water partition coefficient (Wildman–Crippen LogP) is 5.38. The first-order chi connectivity index (χ1) is 13.0. The molecule has 3 nitrogen and oxygen atoms in total. The van der Waals surface area contributed by atoms with Crippen molar-refractivity contribution in [1.29, 1.82) is 0 Å². The van der Waals surface area contributed by atoms with Crippen molar-refractivity contribution in [3.63, 3.8) is 0 Å². The highest BCUT2D eigenvalue weighted by Gasteiger charge is 2.71. The van der Waals surface area contributed by atoms with Crippen molar-refractivity contribution in [3.8, 4) is 22.6 Å². The lowest BCUT2D eigenvalue weighted by molar-refractivity contribution is -0.324. The fraction of sp³-hybridized carbons (Fsp3) is 0.368. The van der Waals surface area contributed by atoms with Crippen LogP contribution < -0.4 is 4.74 Å². The number of aromatic hydroxyl groups is 1. The Morgan fingerprint density at radius 2 is 1.21 bits per heavy atom. The van der Waals surface area contributed by atoms with E-state index in [0.717, 1.165) is 0 Å². The maximum atomic E-state index is 13.8. The highest BCUT2D eigenvalue weighted by Crippen LogP contribution is 2.46. The quantitative estimate of drug-likeness (QED) is 0.566. The molecule has 0 radical (unpaired) electrons. The lowest BCUT2D eigenvalue weighted by atomic mass is 10.1. The molecule has 0 atom stereocenters. The van der Waals surface area contributed by atoms with Gasteiger partial charge >= 0.3 is 17.8 Å². The summed E-state index contributed by atoms with van der Waals surface area (Å²) >= 11 is 0. The van der Waals surface area contributed by atoms with Crippen LogP contribution in [0, 0.1) is 0 Å². The Morgan fingerprint density at radius 3 is 1.71 bits per heavy atom. The summed E-state index contributed by atoms with van der Waals surface area (Å²) in [5.74, 6) is -16.0. The van der Waals surface area contributed by atoms with E-state index in [1.54, 1.807) is 12.1 Å². The lowest BCUT2D eigenvalue weighted by Gasteiger charge is -2.32. The largest absolute Gasteiger partial charge is 0.508 e. The Bertz CT molecular complexity index is 760. The van der Waals surface area contributed by atoms with E-state index in [2.05, 4.69) is 9.47 Å². The van der Waals surface area contributed by atoms with Crippen LogP contribution in [-0.4, -0.2) is 42.7 Å². The molecule has 0 aliphatic rings. The minimum absolute atomic E-state index is 0.0630. The van der Waals surface area contributed by atoms with Gasteiger partial charge in [0.15, 0.2) is 6.61 Å². The third-order valence-electron chi connectivity index (χ3n) is 3.88. The first-order valence-corrected chi connectivity index (χ1v) is 8.23. The van der Waals surface area contributed by atoms with Crippen LogP contribution in [-0.2, 0) is 4.74 Å². The fourth-order valence-electron chi connectivity index (χ4n) is 2.25. The van der Waals surface area contributed by atoms with E-state index in [4.69, 9.17) is 0 Å². The van der Waals surface area contributed by atoms with E-state index < -0.39 is 31.0 Å². The lowest BCUT2D eigenvalue weighted by Crippen LogP contribution is -2.58. The average Bonchev–Trinajstić information content (AvgIpc) is 2.65. The highest BCUT2D eigenvalue weighted by atomic mass is 19.3. The van der Waals surface area contributed by atoms with Crippen molar-refractivity contribution >= 4 is 0 Å². The molecule has 0 saturated carbocycles. The number of hydrogen-bond donors (Lipinski definition) is 1. The van der Waals surface area contributed by atoms with Gasteiger partial charge in [0, 0.05) is 6.61 Å². The molecule has 2 rings (SSSR count). The summed E-state index contributed by atoms with van der Waals surface area (Å²) in [5, 5.41) is 9.25. The van der Waals surface area contributed by atoms with E-state index >= 15 is 0 Å². The molecular weight excluding hydrogens is 390 g/mol. The first-order valence-electron chi connectivity index (χ1n) is 8.23. The van der Waals surface area contributed by atoms with Crippen molar-refractivity contribution in [2.24, 2.45) is 0 Å². The van der Waals surface area contributed by atoms with Gasteiger partial charge in [0.05, 0.1) is 0 Å². The molecule has 0 unspecified atom stereocenters. The number of halogens is 6. The van der Waals surface area contributed by atoms with E-state index in [-0.39, 0.29) is 18.1 Å². The zero-order valence-electron chi connectivity index (χ0n) is 14.8. The molecule has 0 aromatic heterocycles. The van der Waals surface area contributed by atoms with Gasteiger partial charge in [-0.25, -0.2) is 0 Å². The topological polar surface area (TPSA) is 38.7 Å². The van der Waals surface area contributed by atoms with E-state index in [9.17, 15) is 31.4 Å². The number of benzene rings is 2. The van der Waals surface area contributed by atoms with Crippen LogP contribution >= 0.6 is 0 Å². The van der Waals surface area contributed by atoms with Crippen molar-refractivity contribution in [2.75, 3.05) is 19.8 Å². The zero-order chi connectivity index (χ0) is 21.0. The fourth-order valence-corrected chi connectivity index (χ4v) is 2.25. The van der Waals surface area contributed by atoms with Crippen LogP contribution in [0.1, 0.15) is 6.92 Å². The molecule has 0 aliphatic heterocycles. The van der Waals surface area contributed by atoms with E-state index in [0.29, 0.717) is 11.1 Å². The Morgan fingerprint density at radius 1 is 0.750 bits per heavy atom. The van der Waals surface area contributed by atoms with Gasteiger partial charge in [0.2, 0.25) is 0 Å². The summed E-state index contributed by atoms with van der Waals surface area (Å²) in [5.41, 5.74) is 1.35. The van der Waals surface area contributed by atoms with Crippen LogP contribution in [0.4, 0.5) is 26.3 Å². The Balaban J connectivity index is 2.06. The molecule has 0 spiro atoms. The molecule has 9 heteroatoms. The Kier molecular flexibility index (Phi) is 6.48. The molecule has 1 N–H and O–H groups in total. The number of phenols is 1. The third kappa shape index (κ3) is 4.70. The van der Waals surface area contributed by atoms with E-state index in [1.165, 1.54) is 43.3 Å². The molecule has 28 heavy (non-hydrogen) atoms. The minimum atomic E-state index is -5.65. The summed E-state index contributed by atoms with van der Waals surface area (Å²) in [7, 11) is 0. The van der Waals surface area contributed by atoms with Gasteiger partial charge in [-0.15, -0.1) is 0 Å². The van der Waals surface area contributed by atoms with Gasteiger partial charge in [-0.2, -0.15) is 26.3 Å². The molecule has 2 aromatic carbocycles. The molecule has 0 amide bonds. The first kappa shape index (κ1) is 21.9. The van der Waals surface area contributed by atoms with Crippen molar-refractivity contribution < 1.29 is 40.9 Å².